The first-order valence-corrected chi connectivity index (χ1v) is 8.20. The van der Waals surface area contributed by atoms with Crippen molar-refractivity contribution in [3.05, 3.63) is 29.8 Å². The van der Waals surface area contributed by atoms with E-state index in [1.54, 1.807) is 29.2 Å². The lowest BCUT2D eigenvalue weighted by Crippen LogP contribution is -2.40. The number of rotatable bonds is 6. The van der Waals surface area contributed by atoms with Gasteiger partial charge in [0.2, 0.25) is 5.91 Å². The quantitative estimate of drug-likeness (QED) is 0.724. The van der Waals surface area contributed by atoms with Crippen molar-refractivity contribution in [1.29, 1.82) is 0 Å². The van der Waals surface area contributed by atoms with Crippen LogP contribution in [0.2, 0.25) is 0 Å². The van der Waals surface area contributed by atoms with Gasteiger partial charge in [-0.25, -0.2) is 0 Å². The summed E-state index contributed by atoms with van der Waals surface area (Å²) in [5.74, 6) is -1.30. The molecule has 128 valence electrons. The van der Waals surface area contributed by atoms with Crippen LogP contribution in [0.3, 0.4) is 0 Å². The van der Waals surface area contributed by atoms with Crippen molar-refractivity contribution < 1.29 is 19.5 Å². The number of nitrogens with zero attached hydrogens (tertiary/aromatic N) is 1. The smallest absolute Gasteiger partial charge is 0.320 e. The van der Waals surface area contributed by atoms with E-state index < -0.39 is 12.0 Å². The van der Waals surface area contributed by atoms with E-state index in [0.717, 1.165) is 19.3 Å². The van der Waals surface area contributed by atoms with Crippen LogP contribution in [-0.2, 0) is 9.59 Å². The van der Waals surface area contributed by atoms with Crippen molar-refractivity contribution in [2.45, 2.75) is 37.8 Å². The molecule has 1 saturated heterocycles. The number of aliphatic carboxylic acids is 1. The lowest BCUT2D eigenvalue weighted by atomic mass is 10.2. The molecule has 1 heterocycles. The summed E-state index contributed by atoms with van der Waals surface area (Å²) >= 11 is 0. The molecule has 1 aliphatic carbocycles. The Kier molecular flexibility index (Phi) is 4.80. The molecule has 1 aromatic rings. The number of carboxylic acids is 1. The van der Waals surface area contributed by atoms with E-state index >= 15 is 0 Å². The first-order valence-electron chi connectivity index (χ1n) is 8.20. The van der Waals surface area contributed by atoms with Gasteiger partial charge in [-0.2, -0.15) is 0 Å². The van der Waals surface area contributed by atoms with E-state index in [1.165, 1.54) is 0 Å². The Morgan fingerprint density at radius 1 is 1.21 bits per heavy atom. The molecule has 1 aliphatic heterocycles. The van der Waals surface area contributed by atoms with E-state index in [0.29, 0.717) is 24.2 Å². The summed E-state index contributed by atoms with van der Waals surface area (Å²) in [6.45, 7) is 0.643. The van der Waals surface area contributed by atoms with Gasteiger partial charge in [-0.3, -0.25) is 19.3 Å². The summed E-state index contributed by atoms with van der Waals surface area (Å²) in [6.07, 6.45) is 3.38. The SMILES string of the molecule is O=C(CN1CCCC1C(=O)O)Nc1cccc(C(=O)NC2CC2)c1. The average molecular weight is 331 g/mol. The number of carbonyl (C=O) groups excluding carboxylic acids is 2. The standard InChI is InChI=1S/C17H21N3O4/c21-15(10-20-8-2-5-14(20)17(23)24)18-13-4-1-3-11(9-13)16(22)19-12-6-7-12/h1,3-4,9,12,14H,2,5-8,10H2,(H,18,21)(H,19,22)(H,23,24). The molecular weight excluding hydrogens is 310 g/mol. The number of hydrogen-bond acceptors (Lipinski definition) is 4. The van der Waals surface area contributed by atoms with Gasteiger partial charge in [0, 0.05) is 17.3 Å². The molecule has 3 N–H and O–H groups in total. The number of amides is 2. The number of carboxylic acid groups (broad SMARTS) is 1. The van der Waals surface area contributed by atoms with Crippen LogP contribution in [0.1, 0.15) is 36.0 Å². The highest BCUT2D eigenvalue weighted by molar-refractivity contribution is 5.98. The highest BCUT2D eigenvalue weighted by atomic mass is 16.4. The van der Waals surface area contributed by atoms with Crippen LogP contribution in [0.5, 0.6) is 0 Å². The molecule has 1 saturated carbocycles. The number of nitrogens with one attached hydrogen (secondary N) is 2. The predicted octanol–water partition coefficient (Wildman–Crippen LogP) is 1.07. The Morgan fingerprint density at radius 3 is 2.71 bits per heavy atom. The predicted molar refractivity (Wildman–Crippen MR) is 87.8 cm³/mol. The third kappa shape index (κ3) is 4.11. The minimum Gasteiger partial charge on any atom is -0.480 e. The number of carbonyl (C=O) groups is 3. The van der Waals surface area contributed by atoms with Gasteiger partial charge in [-0.1, -0.05) is 6.07 Å². The largest absolute Gasteiger partial charge is 0.480 e. The molecule has 1 unspecified atom stereocenters. The van der Waals surface area contributed by atoms with Gasteiger partial charge in [0.05, 0.1) is 6.54 Å². The Labute approximate surface area is 140 Å². The molecular formula is C17H21N3O4. The molecule has 0 spiro atoms. The number of benzene rings is 1. The van der Waals surface area contributed by atoms with E-state index in [4.69, 9.17) is 5.11 Å². The Hall–Kier alpha value is -2.41. The van der Waals surface area contributed by atoms with Crippen molar-refractivity contribution in [1.82, 2.24) is 10.2 Å². The maximum absolute atomic E-state index is 12.2. The van der Waals surface area contributed by atoms with Gasteiger partial charge in [0.25, 0.3) is 5.91 Å². The van der Waals surface area contributed by atoms with Crippen LogP contribution in [-0.4, -0.2) is 53.0 Å². The van der Waals surface area contributed by atoms with Crippen LogP contribution in [0.25, 0.3) is 0 Å². The zero-order valence-electron chi connectivity index (χ0n) is 13.3. The number of hydrogen-bond donors (Lipinski definition) is 3. The number of anilines is 1. The molecule has 0 bridgehead atoms. The van der Waals surface area contributed by atoms with Gasteiger partial charge in [-0.15, -0.1) is 0 Å². The second kappa shape index (κ2) is 7.00. The highest BCUT2D eigenvalue weighted by Gasteiger charge is 2.31. The summed E-state index contributed by atoms with van der Waals surface area (Å²) in [5, 5.41) is 14.8. The zero-order valence-corrected chi connectivity index (χ0v) is 13.3. The minimum absolute atomic E-state index is 0.0372. The summed E-state index contributed by atoms with van der Waals surface area (Å²) < 4.78 is 0. The molecule has 0 aromatic heterocycles. The van der Waals surface area contributed by atoms with Gasteiger partial charge in [-0.05, 0) is 50.4 Å². The minimum atomic E-state index is -0.890. The molecule has 1 aromatic carbocycles. The summed E-state index contributed by atoms with van der Waals surface area (Å²) in [7, 11) is 0. The van der Waals surface area contributed by atoms with Crippen LogP contribution >= 0.6 is 0 Å². The first kappa shape index (κ1) is 16.4. The Morgan fingerprint density at radius 2 is 2.00 bits per heavy atom. The molecule has 0 radical (unpaired) electrons. The van der Waals surface area contributed by atoms with E-state index in [9.17, 15) is 14.4 Å². The van der Waals surface area contributed by atoms with Gasteiger partial charge in [0.15, 0.2) is 0 Å². The molecule has 7 nitrogen and oxygen atoms in total. The molecule has 2 fully saturated rings. The monoisotopic (exact) mass is 331 g/mol. The molecule has 2 amide bonds. The van der Waals surface area contributed by atoms with Crippen LogP contribution < -0.4 is 10.6 Å². The van der Waals surface area contributed by atoms with Crippen molar-refractivity contribution in [3.63, 3.8) is 0 Å². The third-order valence-corrected chi connectivity index (χ3v) is 4.32. The maximum Gasteiger partial charge on any atom is 0.320 e. The Balaban J connectivity index is 1.57. The highest BCUT2D eigenvalue weighted by Crippen LogP contribution is 2.20. The van der Waals surface area contributed by atoms with Crippen molar-refractivity contribution >= 4 is 23.5 Å². The fourth-order valence-electron chi connectivity index (χ4n) is 2.91. The summed E-state index contributed by atoms with van der Waals surface area (Å²) in [6, 6.07) is 6.45. The summed E-state index contributed by atoms with van der Waals surface area (Å²) in [4.78, 5) is 37.0. The zero-order chi connectivity index (χ0) is 17.1. The topological polar surface area (TPSA) is 98.7 Å². The van der Waals surface area contributed by atoms with Gasteiger partial charge in [0.1, 0.15) is 6.04 Å². The molecule has 2 aliphatic rings. The fourth-order valence-corrected chi connectivity index (χ4v) is 2.91. The molecule has 3 rings (SSSR count). The molecule has 24 heavy (non-hydrogen) atoms. The summed E-state index contributed by atoms with van der Waals surface area (Å²) in [5.41, 5.74) is 1.04. The second-order valence-corrected chi connectivity index (χ2v) is 6.34. The fraction of sp³-hybridized carbons (Fsp3) is 0.471. The van der Waals surface area contributed by atoms with Gasteiger partial charge < -0.3 is 15.7 Å². The van der Waals surface area contributed by atoms with Crippen LogP contribution in [0.4, 0.5) is 5.69 Å². The first-order chi connectivity index (χ1) is 11.5. The molecule has 1 atom stereocenters. The Bertz CT molecular complexity index is 657. The number of likely N-dealkylation sites (tertiary alicyclic amines) is 1. The maximum atomic E-state index is 12.2. The molecule has 7 heteroatoms. The second-order valence-electron chi connectivity index (χ2n) is 6.34. The van der Waals surface area contributed by atoms with Crippen molar-refractivity contribution in [2.24, 2.45) is 0 Å². The van der Waals surface area contributed by atoms with E-state index in [1.807, 2.05) is 0 Å². The lowest BCUT2D eigenvalue weighted by molar-refractivity contribution is -0.142. The normalized spacial score (nSPS) is 20.6. The van der Waals surface area contributed by atoms with Crippen LogP contribution in [0, 0.1) is 0 Å². The van der Waals surface area contributed by atoms with Gasteiger partial charge >= 0.3 is 5.97 Å². The van der Waals surface area contributed by atoms with Crippen molar-refractivity contribution in [3.8, 4) is 0 Å². The van der Waals surface area contributed by atoms with Crippen molar-refractivity contribution in [2.75, 3.05) is 18.4 Å². The van der Waals surface area contributed by atoms with E-state index in [2.05, 4.69) is 10.6 Å². The lowest BCUT2D eigenvalue weighted by Gasteiger charge is -2.20. The average Bonchev–Trinajstić information content (AvgIpc) is 3.23. The van der Waals surface area contributed by atoms with Crippen LogP contribution in [0.15, 0.2) is 24.3 Å². The third-order valence-electron chi connectivity index (χ3n) is 4.32. The van der Waals surface area contributed by atoms with E-state index in [-0.39, 0.29) is 24.4 Å².